The van der Waals surface area contributed by atoms with Crippen LogP contribution in [0.5, 0.6) is 0 Å². The molecule has 6 aromatic heterocycles. The van der Waals surface area contributed by atoms with Gasteiger partial charge in [0.05, 0.1) is 50.2 Å². The summed E-state index contributed by atoms with van der Waals surface area (Å²) < 4.78 is 8.15. The quantitative estimate of drug-likeness (QED) is 0.125. The van der Waals surface area contributed by atoms with Gasteiger partial charge in [0.15, 0.2) is 0 Å². The molecule has 0 radical (unpaired) electrons. The maximum Gasteiger partial charge on any atom is 0.0991 e. The fourth-order valence-electron chi connectivity index (χ4n) is 25.2. The Kier molecular flexibility index (Phi) is 13.1. The maximum atomic E-state index is 10.4. The summed E-state index contributed by atoms with van der Waals surface area (Å²) in [4.78, 5) is 0. The van der Waals surface area contributed by atoms with Crippen LogP contribution in [0.25, 0.3) is 191 Å². The molecule has 0 fully saturated rings. The van der Waals surface area contributed by atoms with Crippen LogP contribution in [-0.2, 0) is 0 Å². The maximum absolute atomic E-state index is 10.4. The van der Waals surface area contributed by atoms with Crippen molar-refractivity contribution in [1.29, 1.82) is 5.26 Å². The zero-order valence-corrected chi connectivity index (χ0v) is 66.6. The van der Waals surface area contributed by atoms with E-state index in [0.29, 0.717) is 5.56 Å². The van der Waals surface area contributed by atoms with Crippen LogP contribution in [0.2, 0.25) is 0 Å². The number of nitriles is 1. The highest BCUT2D eigenvalue weighted by Crippen LogP contribution is 2.65. The third-order valence-electron chi connectivity index (χ3n) is 29.8. The second-order valence-electron chi connectivity index (χ2n) is 35.1. The number of aromatic nitrogens is 3. The lowest BCUT2D eigenvalue weighted by Crippen LogP contribution is -2.27. The van der Waals surface area contributed by atoms with Crippen molar-refractivity contribution in [2.24, 2.45) is 0 Å². The summed E-state index contributed by atoms with van der Waals surface area (Å²) in [6.07, 6.45) is 0. The molecule has 0 N–H and O–H groups in total. The number of nitrogens with zero attached hydrogens (tertiary/aromatic N) is 4. The largest absolute Gasteiger partial charge is 0.311 e. The van der Waals surface area contributed by atoms with Crippen molar-refractivity contribution in [3.05, 3.63) is 364 Å². The summed E-state index contributed by atoms with van der Waals surface area (Å²) in [5, 5.41) is 34.3. The van der Waals surface area contributed by atoms with E-state index in [9.17, 15) is 5.26 Å². The third kappa shape index (κ3) is 8.36. The normalized spacial score (nSPS) is 19.4. The first-order chi connectivity index (χ1) is 57.4. The SMILES string of the molecule is CC1C2=C(C(C)c3c1cc1c4c(n5c6ccc(-c7cccc(C#N)c7)cc6c3c15)C(C)C1=C(C(C)c3cc5c6ccccc6n6c7ccc(-c8ccc(-c9ccccc9-c9ccccc9)cc8)cc7c(c3C1C)c56)C4C)C(C)c1c(c3cc4ccccc4c4c5cc(-c6ccc7c8ccccc8c8ccccc8c7c6)ccc5n1c34)C2C. The summed E-state index contributed by atoms with van der Waals surface area (Å²) in [7, 11) is 0. The van der Waals surface area contributed by atoms with E-state index in [4.69, 9.17) is 0 Å². The molecule has 4 heteroatoms. The van der Waals surface area contributed by atoms with E-state index in [-0.39, 0.29) is 47.3 Å². The average molecular weight is 1490 g/mol. The molecule has 26 rings (SSSR count). The van der Waals surface area contributed by atoms with Crippen LogP contribution >= 0.6 is 0 Å². The van der Waals surface area contributed by atoms with Crippen molar-refractivity contribution in [3.63, 3.8) is 0 Å². The number of hydrogen-bond acceptors (Lipinski definition) is 1. The summed E-state index contributed by atoms with van der Waals surface area (Å²) in [6, 6.07) is 113. The molecule has 8 unspecified atom stereocenters. The molecule has 0 saturated carbocycles. The number of fused-ring (bicyclic) bond motifs is 30. The Hall–Kier alpha value is -13.6. The van der Waals surface area contributed by atoms with Crippen molar-refractivity contribution >= 4 is 136 Å². The van der Waals surface area contributed by atoms with Gasteiger partial charge >= 0.3 is 0 Å². The minimum Gasteiger partial charge on any atom is -0.311 e. The Morgan fingerprint density at radius 1 is 0.231 bits per heavy atom. The fourth-order valence-corrected chi connectivity index (χ4v) is 25.2. The molecule has 4 aliphatic rings. The minimum absolute atomic E-state index is 0.0982. The smallest absolute Gasteiger partial charge is 0.0991 e. The molecule has 0 spiro atoms. The van der Waals surface area contributed by atoms with Crippen LogP contribution in [0.15, 0.2) is 313 Å². The summed E-state index contributed by atoms with van der Waals surface area (Å²) in [6.45, 7) is 20.6. The van der Waals surface area contributed by atoms with Gasteiger partial charge in [-0.3, -0.25) is 0 Å². The molecule has 117 heavy (non-hydrogen) atoms. The van der Waals surface area contributed by atoms with E-state index in [2.05, 4.69) is 354 Å². The topological polar surface area (TPSA) is 37.0 Å². The lowest BCUT2D eigenvalue weighted by atomic mass is 9.60. The zero-order valence-electron chi connectivity index (χ0n) is 66.6. The van der Waals surface area contributed by atoms with Crippen LogP contribution in [0.1, 0.15) is 153 Å². The molecule has 22 aromatic rings. The number of hydrogen-bond donors (Lipinski definition) is 0. The highest BCUT2D eigenvalue weighted by atomic mass is 15.0. The van der Waals surface area contributed by atoms with E-state index in [1.807, 2.05) is 12.1 Å². The molecule has 0 bridgehead atoms. The van der Waals surface area contributed by atoms with Gasteiger partial charge in [0.2, 0.25) is 0 Å². The van der Waals surface area contributed by atoms with Crippen molar-refractivity contribution in [3.8, 4) is 61.7 Å². The van der Waals surface area contributed by atoms with Crippen molar-refractivity contribution < 1.29 is 0 Å². The molecule has 4 nitrogen and oxygen atoms in total. The van der Waals surface area contributed by atoms with Crippen LogP contribution in [0.3, 0.4) is 0 Å². The van der Waals surface area contributed by atoms with Gasteiger partial charge in [0.25, 0.3) is 0 Å². The average Bonchev–Trinajstić information content (AvgIpc) is 1.48. The number of allylic oxidation sites excluding steroid dienone is 4. The van der Waals surface area contributed by atoms with E-state index >= 15 is 0 Å². The van der Waals surface area contributed by atoms with Gasteiger partial charge < -0.3 is 13.2 Å². The van der Waals surface area contributed by atoms with Gasteiger partial charge in [0.1, 0.15) is 0 Å². The van der Waals surface area contributed by atoms with Crippen molar-refractivity contribution in [2.75, 3.05) is 0 Å². The second kappa shape index (κ2) is 23.3. The summed E-state index contributed by atoms with van der Waals surface area (Å²) in [5.74, 6) is 1.03. The highest BCUT2D eigenvalue weighted by molar-refractivity contribution is 6.30. The van der Waals surface area contributed by atoms with Crippen molar-refractivity contribution in [1.82, 2.24) is 13.2 Å². The van der Waals surface area contributed by atoms with Crippen LogP contribution < -0.4 is 0 Å². The van der Waals surface area contributed by atoms with Crippen LogP contribution in [-0.4, -0.2) is 13.2 Å². The van der Waals surface area contributed by atoms with Crippen LogP contribution in [0, 0.1) is 11.3 Å². The van der Waals surface area contributed by atoms with Gasteiger partial charge in [-0.15, -0.1) is 0 Å². The van der Waals surface area contributed by atoms with Gasteiger partial charge in [0, 0.05) is 113 Å². The lowest BCUT2D eigenvalue weighted by Gasteiger charge is -2.43. The molecule has 0 amide bonds. The number of para-hydroxylation sites is 1. The predicted octanol–water partition coefficient (Wildman–Crippen LogP) is 30.5. The number of benzene rings is 16. The van der Waals surface area contributed by atoms with Crippen molar-refractivity contribution in [2.45, 2.75) is 103 Å². The first kappa shape index (κ1) is 65.8. The Balaban J connectivity index is 0.647. The first-order valence-corrected chi connectivity index (χ1v) is 42.3. The fraction of sp³-hybridized carbons (Fsp3) is 0.142. The van der Waals surface area contributed by atoms with Gasteiger partial charge in [-0.25, -0.2) is 0 Å². The lowest BCUT2D eigenvalue weighted by molar-refractivity contribution is 0.596. The summed E-state index contributed by atoms with van der Waals surface area (Å²) in [5.41, 5.74) is 40.0. The Morgan fingerprint density at radius 2 is 0.607 bits per heavy atom. The standard InChI is InChI=1S/C113H80N4/c1-58-85-55-88-84-35-20-21-36-94(84)115-95-46-42-71(67-37-39-69(40-38-67)77-29-15-14-28-76(77)68-24-10-9-11-25-68)51-90(95)107(111(88)115)102(85)60(3)100-65(8)110-105(63(6)98(58)100)93-56-86-59(2)99-62(5)104-92-54-75-26-12-13-30-78(75)106-89-52-74(72-41-45-83-81-33-17-16-31-79(81)80-32-18-19-34-82(80)87(83)50-72)44-47-96(89)116(112(92)106)109(104)64(7)101(99)61(4)103(86)108-91-53-73(43-48-97(91)117(110)113(93)108)70-27-22-23-66(49-70)57-114/h9-56,58-65H,1-8H3. The molecule has 0 saturated heterocycles. The molecular weight excluding hydrogens is 1410 g/mol. The molecule has 552 valence electrons. The van der Waals surface area contributed by atoms with E-state index in [1.54, 1.807) is 22.3 Å². The monoisotopic (exact) mass is 1490 g/mol. The van der Waals surface area contributed by atoms with E-state index < -0.39 is 0 Å². The van der Waals surface area contributed by atoms with Gasteiger partial charge in [-0.05, 0) is 211 Å². The Morgan fingerprint density at radius 3 is 1.19 bits per heavy atom. The zero-order chi connectivity index (χ0) is 77.7. The predicted molar refractivity (Wildman–Crippen MR) is 492 cm³/mol. The Bertz CT molecular complexity index is 8310. The Labute approximate surface area is 677 Å². The highest BCUT2D eigenvalue weighted by Gasteiger charge is 2.48. The first-order valence-electron chi connectivity index (χ1n) is 42.3. The molecule has 6 heterocycles. The summed E-state index contributed by atoms with van der Waals surface area (Å²) >= 11 is 0. The molecular formula is C113H80N4. The second-order valence-corrected chi connectivity index (χ2v) is 35.1. The van der Waals surface area contributed by atoms with E-state index in [1.165, 1.54) is 225 Å². The molecule has 8 atom stereocenters. The number of rotatable bonds is 5. The molecule has 16 aromatic carbocycles. The van der Waals surface area contributed by atoms with E-state index in [0.717, 1.165) is 11.1 Å². The molecule has 0 aliphatic heterocycles. The molecule has 4 aliphatic carbocycles. The minimum atomic E-state index is 0.0982. The van der Waals surface area contributed by atoms with Gasteiger partial charge in [-0.1, -0.05) is 290 Å². The third-order valence-corrected chi connectivity index (χ3v) is 29.8. The van der Waals surface area contributed by atoms with Crippen LogP contribution in [0.4, 0.5) is 0 Å². The van der Waals surface area contributed by atoms with Gasteiger partial charge in [-0.2, -0.15) is 5.26 Å².